The first-order chi connectivity index (χ1) is 6.59. The Morgan fingerprint density at radius 2 is 2.36 bits per heavy atom. The normalized spacial score (nSPS) is 10.2. The van der Waals surface area contributed by atoms with E-state index in [4.69, 9.17) is 0 Å². The molecule has 0 aromatic carbocycles. The second-order valence-corrected chi connectivity index (χ2v) is 3.41. The highest BCUT2D eigenvalue weighted by atomic mass is 16.2. The summed E-state index contributed by atoms with van der Waals surface area (Å²) in [6.45, 7) is 1.04. The van der Waals surface area contributed by atoms with Crippen LogP contribution in [0.2, 0.25) is 0 Å². The van der Waals surface area contributed by atoms with Gasteiger partial charge in [-0.1, -0.05) is 0 Å². The van der Waals surface area contributed by atoms with E-state index in [9.17, 15) is 4.79 Å². The standard InChI is InChI=1S/C9H16N4O/c1-12(2)9(14)6-10-4-8-5-11-13(3)7-8/h5,7,10H,4,6H2,1-3H3. The van der Waals surface area contributed by atoms with Gasteiger partial charge in [-0.05, 0) is 0 Å². The lowest BCUT2D eigenvalue weighted by Gasteiger charge is -2.10. The Bertz CT molecular complexity index is 306. The number of nitrogens with one attached hydrogen (secondary N) is 1. The summed E-state index contributed by atoms with van der Waals surface area (Å²) in [7, 11) is 5.36. The van der Waals surface area contributed by atoms with Crippen LogP contribution < -0.4 is 5.32 Å². The quantitative estimate of drug-likeness (QED) is 0.712. The van der Waals surface area contributed by atoms with E-state index in [2.05, 4.69) is 10.4 Å². The van der Waals surface area contributed by atoms with Crippen molar-refractivity contribution >= 4 is 5.91 Å². The molecule has 14 heavy (non-hydrogen) atoms. The highest BCUT2D eigenvalue weighted by Crippen LogP contribution is 1.94. The van der Waals surface area contributed by atoms with E-state index in [-0.39, 0.29) is 5.91 Å². The number of hydrogen-bond donors (Lipinski definition) is 1. The van der Waals surface area contributed by atoms with Crippen LogP contribution in [0.5, 0.6) is 0 Å². The van der Waals surface area contributed by atoms with Crippen molar-refractivity contribution in [3.8, 4) is 0 Å². The summed E-state index contributed by atoms with van der Waals surface area (Å²) in [5, 5.41) is 7.08. The van der Waals surface area contributed by atoms with Gasteiger partial charge in [0.15, 0.2) is 0 Å². The Balaban J connectivity index is 2.25. The van der Waals surface area contributed by atoms with E-state index in [1.807, 2.05) is 13.2 Å². The Kier molecular flexibility index (Phi) is 3.64. The third-order valence-corrected chi connectivity index (χ3v) is 1.86. The molecule has 0 saturated carbocycles. The van der Waals surface area contributed by atoms with E-state index in [1.165, 1.54) is 0 Å². The van der Waals surface area contributed by atoms with Gasteiger partial charge in [-0.2, -0.15) is 5.10 Å². The highest BCUT2D eigenvalue weighted by molar-refractivity contribution is 5.77. The molecule has 0 aliphatic carbocycles. The molecule has 5 nitrogen and oxygen atoms in total. The largest absolute Gasteiger partial charge is 0.348 e. The minimum absolute atomic E-state index is 0.0777. The Labute approximate surface area is 83.7 Å². The SMILES string of the molecule is CN(C)C(=O)CNCc1cnn(C)c1. The molecule has 1 aromatic heterocycles. The van der Waals surface area contributed by atoms with Crippen LogP contribution in [0.25, 0.3) is 0 Å². The highest BCUT2D eigenvalue weighted by Gasteiger charge is 2.02. The van der Waals surface area contributed by atoms with Crippen LogP contribution in [0.1, 0.15) is 5.56 Å². The number of likely N-dealkylation sites (N-methyl/N-ethyl adjacent to an activating group) is 1. The molecule has 1 amide bonds. The minimum atomic E-state index is 0.0777. The smallest absolute Gasteiger partial charge is 0.236 e. The summed E-state index contributed by atoms with van der Waals surface area (Å²) in [5.74, 6) is 0.0777. The zero-order valence-corrected chi connectivity index (χ0v) is 8.82. The summed E-state index contributed by atoms with van der Waals surface area (Å²) >= 11 is 0. The van der Waals surface area contributed by atoms with Crippen LogP contribution in [-0.2, 0) is 18.4 Å². The summed E-state index contributed by atoms with van der Waals surface area (Å²) < 4.78 is 1.74. The monoisotopic (exact) mass is 196 g/mol. The van der Waals surface area contributed by atoms with E-state index in [0.29, 0.717) is 13.1 Å². The van der Waals surface area contributed by atoms with Crippen LogP contribution >= 0.6 is 0 Å². The predicted octanol–water partition coefficient (Wildman–Crippen LogP) is -0.402. The predicted molar refractivity (Wildman–Crippen MR) is 53.6 cm³/mol. The molecular formula is C9H16N4O. The molecule has 0 aliphatic heterocycles. The van der Waals surface area contributed by atoms with Gasteiger partial charge < -0.3 is 10.2 Å². The van der Waals surface area contributed by atoms with Crippen molar-refractivity contribution in [1.29, 1.82) is 0 Å². The summed E-state index contributed by atoms with van der Waals surface area (Å²) in [4.78, 5) is 12.7. The molecule has 0 unspecified atom stereocenters. The fourth-order valence-corrected chi connectivity index (χ4v) is 1.04. The lowest BCUT2D eigenvalue weighted by Crippen LogP contribution is -2.32. The van der Waals surface area contributed by atoms with Gasteiger partial charge in [-0.15, -0.1) is 0 Å². The van der Waals surface area contributed by atoms with Gasteiger partial charge in [0, 0.05) is 39.4 Å². The van der Waals surface area contributed by atoms with Crippen molar-refractivity contribution in [2.24, 2.45) is 7.05 Å². The van der Waals surface area contributed by atoms with Crippen LogP contribution in [0, 0.1) is 0 Å². The number of nitrogens with zero attached hydrogens (tertiary/aromatic N) is 3. The molecule has 78 valence electrons. The third kappa shape index (κ3) is 3.18. The number of hydrogen-bond acceptors (Lipinski definition) is 3. The molecule has 0 fully saturated rings. The van der Waals surface area contributed by atoms with Crippen molar-refractivity contribution in [3.05, 3.63) is 18.0 Å². The zero-order chi connectivity index (χ0) is 10.6. The van der Waals surface area contributed by atoms with Crippen molar-refractivity contribution in [3.63, 3.8) is 0 Å². The molecule has 0 atom stereocenters. The van der Waals surface area contributed by atoms with Crippen LogP contribution in [0.4, 0.5) is 0 Å². The molecule has 0 radical (unpaired) electrons. The van der Waals surface area contributed by atoms with Crippen molar-refractivity contribution in [1.82, 2.24) is 20.0 Å². The third-order valence-electron chi connectivity index (χ3n) is 1.86. The van der Waals surface area contributed by atoms with E-state index >= 15 is 0 Å². The average molecular weight is 196 g/mol. The lowest BCUT2D eigenvalue weighted by molar-refractivity contribution is -0.127. The molecule has 1 aromatic rings. The number of amides is 1. The van der Waals surface area contributed by atoms with Crippen LogP contribution in [0.15, 0.2) is 12.4 Å². The maximum Gasteiger partial charge on any atom is 0.236 e. The second kappa shape index (κ2) is 4.76. The van der Waals surface area contributed by atoms with Crippen molar-refractivity contribution in [2.45, 2.75) is 6.54 Å². The van der Waals surface area contributed by atoms with Crippen LogP contribution in [0.3, 0.4) is 0 Å². The van der Waals surface area contributed by atoms with E-state index in [0.717, 1.165) is 5.56 Å². The Morgan fingerprint density at radius 1 is 1.64 bits per heavy atom. The first-order valence-electron chi connectivity index (χ1n) is 4.48. The molecule has 0 spiro atoms. The Morgan fingerprint density at radius 3 is 2.86 bits per heavy atom. The fraction of sp³-hybridized carbons (Fsp3) is 0.556. The maximum absolute atomic E-state index is 11.2. The second-order valence-electron chi connectivity index (χ2n) is 3.41. The number of rotatable bonds is 4. The molecule has 0 bridgehead atoms. The molecule has 1 rings (SSSR count). The van der Waals surface area contributed by atoms with Crippen LogP contribution in [-0.4, -0.2) is 41.2 Å². The maximum atomic E-state index is 11.2. The van der Waals surface area contributed by atoms with E-state index < -0.39 is 0 Å². The average Bonchev–Trinajstić information content (AvgIpc) is 2.51. The summed E-state index contributed by atoms with van der Waals surface area (Å²) in [6.07, 6.45) is 3.71. The minimum Gasteiger partial charge on any atom is -0.348 e. The molecule has 1 heterocycles. The number of aromatic nitrogens is 2. The molecule has 0 saturated heterocycles. The van der Waals surface area contributed by atoms with Gasteiger partial charge >= 0.3 is 0 Å². The van der Waals surface area contributed by atoms with E-state index in [1.54, 1.807) is 29.9 Å². The lowest BCUT2D eigenvalue weighted by atomic mass is 10.3. The first kappa shape index (κ1) is 10.7. The van der Waals surface area contributed by atoms with Gasteiger partial charge in [0.2, 0.25) is 5.91 Å². The number of carbonyl (C=O) groups excluding carboxylic acids is 1. The molecular weight excluding hydrogens is 180 g/mol. The topological polar surface area (TPSA) is 50.2 Å². The number of aryl methyl sites for hydroxylation is 1. The van der Waals surface area contributed by atoms with Gasteiger partial charge in [0.1, 0.15) is 0 Å². The molecule has 0 aliphatic rings. The van der Waals surface area contributed by atoms with Crippen molar-refractivity contribution in [2.75, 3.05) is 20.6 Å². The molecule has 1 N–H and O–H groups in total. The summed E-state index contributed by atoms with van der Waals surface area (Å²) in [6, 6.07) is 0. The molecule has 5 heteroatoms. The first-order valence-corrected chi connectivity index (χ1v) is 4.48. The zero-order valence-electron chi connectivity index (χ0n) is 8.82. The van der Waals surface area contributed by atoms with Gasteiger partial charge in [0.05, 0.1) is 12.7 Å². The van der Waals surface area contributed by atoms with Crippen molar-refractivity contribution < 1.29 is 4.79 Å². The van der Waals surface area contributed by atoms with Gasteiger partial charge in [0.25, 0.3) is 0 Å². The van der Waals surface area contributed by atoms with Gasteiger partial charge in [-0.3, -0.25) is 9.48 Å². The van der Waals surface area contributed by atoms with Gasteiger partial charge in [-0.25, -0.2) is 0 Å². The fourth-order valence-electron chi connectivity index (χ4n) is 1.04. The summed E-state index contributed by atoms with van der Waals surface area (Å²) in [5.41, 5.74) is 1.08. The number of carbonyl (C=O) groups is 1. The Hall–Kier alpha value is -1.36.